The largest absolute Gasteiger partial charge is 0.442 e. The van der Waals surface area contributed by atoms with E-state index in [9.17, 15) is 18.0 Å². The maximum Gasteiger partial charge on any atom is 0.414 e. The number of halogens is 1. The van der Waals surface area contributed by atoms with Crippen molar-refractivity contribution in [2.24, 2.45) is 4.40 Å². The number of amidine groups is 1. The summed E-state index contributed by atoms with van der Waals surface area (Å²) in [6.07, 6.45) is -0.00864. The number of cyclic esters (lactones) is 1. The molecular formula is C23H23ClN4O5S2. The molecule has 0 bridgehead atoms. The predicted molar refractivity (Wildman–Crippen MR) is 138 cm³/mol. The van der Waals surface area contributed by atoms with Gasteiger partial charge in [-0.25, -0.2) is 13.2 Å². The van der Waals surface area contributed by atoms with Gasteiger partial charge in [-0.15, -0.1) is 15.7 Å². The Kier molecular flexibility index (Phi) is 7.02. The number of benzene rings is 2. The first kappa shape index (κ1) is 25.0. The van der Waals surface area contributed by atoms with E-state index >= 15 is 0 Å². The van der Waals surface area contributed by atoms with Crippen LogP contribution in [0.25, 0.3) is 10.1 Å². The van der Waals surface area contributed by atoms with Crippen molar-refractivity contribution in [3.05, 3.63) is 64.0 Å². The molecule has 1 fully saturated rings. The first-order valence-electron chi connectivity index (χ1n) is 10.5. The third-order valence-corrected chi connectivity index (χ3v) is 7.03. The molecule has 1 atom stereocenters. The molecule has 0 radical (unpaired) electrons. The number of anilines is 1. The smallest absolute Gasteiger partial charge is 0.414 e. The van der Waals surface area contributed by atoms with Crippen LogP contribution in [0.3, 0.4) is 0 Å². The molecule has 4 rings (SSSR count). The van der Waals surface area contributed by atoms with Crippen molar-refractivity contribution < 1.29 is 22.7 Å². The fraction of sp³-hybridized carbons (Fsp3) is 0.261. The number of nitrogens with zero attached hydrogens (tertiary/aromatic N) is 3. The van der Waals surface area contributed by atoms with E-state index in [0.29, 0.717) is 21.2 Å². The fourth-order valence-electron chi connectivity index (χ4n) is 3.60. The summed E-state index contributed by atoms with van der Waals surface area (Å²) in [5, 5.41) is 4.33. The summed E-state index contributed by atoms with van der Waals surface area (Å²) in [6, 6.07) is 14.0. The van der Waals surface area contributed by atoms with E-state index in [-0.39, 0.29) is 24.8 Å². The highest BCUT2D eigenvalue weighted by atomic mass is 35.5. The van der Waals surface area contributed by atoms with Crippen molar-refractivity contribution in [3.8, 4) is 0 Å². The van der Waals surface area contributed by atoms with Gasteiger partial charge in [0.15, 0.2) is 0 Å². The highest BCUT2D eigenvalue weighted by Crippen LogP contribution is 2.28. The van der Waals surface area contributed by atoms with Crippen molar-refractivity contribution in [2.75, 3.05) is 38.3 Å². The van der Waals surface area contributed by atoms with E-state index in [1.807, 2.05) is 6.07 Å². The van der Waals surface area contributed by atoms with Crippen molar-refractivity contribution in [1.82, 2.24) is 10.2 Å². The molecule has 1 unspecified atom stereocenters. The van der Waals surface area contributed by atoms with Gasteiger partial charge in [-0.2, -0.15) is 0 Å². The molecule has 0 saturated carbocycles. The second-order valence-corrected chi connectivity index (χ2v) is 11.4. The van der Waals surface area contributed by atoms with Crippen LogP contribution in [0.1, 0.15) is 15.2 Å². The fourth-order valence-corrected chi connectivity index (χ4v) is 5.32. The zero-order valence-corrected chi connectivity index (χ0v) is 21.6. The number of amides is 2. The van der Waals surface area contributed by atoms with Gasteiger partial charge in [-0.05, 0) is 53.9 Å². The molecule has 0 spiro atoms. The molecule has 35 heavy (non-hydrogen) atoms. The lowest BCUT2D eigenvalue weighted by molar-refractivity contribution is 0.0920. The molecule has 1 saturated heterocycles. The van der Waals surface area contributed by atoms with Crippen LogP contribution in [-0.4, -0.2) is 70.7 Å². The van der Waals surface area contributed by atoms with Crippen LogP contribution in [0.5, 0.6) is 0 Å². The Labute approximate surface area is 212 Å². The minimum atomic E-state index is -3.58. The van der Waals surface area contributed by atoms with Crippen LogP contribution in [-0.2, 0) is 14.8 Å². The van der Waals surface area contributed by atoms with E-state index in [1.165, 1.54) is 16.2 Å². The van der Waals surface area contributed by atoms with Gasteiger partial charge in [-0.1, -0.05) is 11.6 Å². The summed E-state index contributed by atoms with van der Waals surface area (Å²) in [4.78, 5) is 28.6. The van der Waals surface area contributed by atoms with Crippen LogP contribution in [0, 0.1) is 0 Å². The van der Waals surface area contributed by atoms with E-state index in [0.717, 1.165) is 16.3 Å². The SMILES string of the molecule is CN(C)/C(=N\S(C)(=O)=O)c1ccc(N2CC(CNC(=O)c3cc4cc(Cl)ccc4s3)OC2=O)cc1. The van der Waals surface area contributed by atoms with Gasteiger partial charge in [0, 0.05) is 35.1 Å². The van der Waals surface area contributed by atoms with Gasteiger partial charge in [0.1, 0.15) is 11.9 Å². The molecule has 2 heterocycles. The number of carbonyl (C=O) groups excluding carboxylic acids is 2. The number of sulfonamides is 1. The van der Waals surface area contributed by atoms with Crippen LogP contribution in [0.4, 0.5) is 10.5 Å². The number of nitrogens with one attached hydrogen (secondary N) is 1. The number of fused-ring (bicyclic) bond motifs is 1. The van der Waals surface area contributed by atoms with Gasteiger partial charge in [0.2, 0.25) is 0 Å². The standard InChI is InChI=1S/C23H23ClN4O5S2/c1-27(2)21(26-35(3,31)32)14-4-7-17(8-5-14)28-13-18(33-23(28)30)12-25-22(29)20-11-15-10-16(24)6-9-19(15)34-20/h4-11,18H,12-13H2,1-3H3,(H,25,29)/b26-21-. The van der Waals surface area contributed by atoms with E-state index in [4.69, 9.17) is 16.3 Å². The zero-order chi connectivity index (χ0) is 25.3. The maximum atomic E-state index is 12.6. The highest BCUT2D eigenvalue weighted by Gasteiger charge is 2.32. The molecule has 12 heteroatoms. The first-order valence-corrected chi connectivity index (χ1v) is 13.6. The number of hydrogen-bond acceptors (Lipinski definition) is 6. The maximum absolute atomic E-state index is 12.6. The molecule has 9 nitrogen and oxygen atoms in total. The monoisotopic (exact) mass is 534 g/mol. The molecular weight excluding hydrogens is 512 g/mol. The quantitative estimate of drug-likeness (QED) is 0.382. The van der Waals surface area contributed by atoms with Gasteiger partial charge in [0.05, 0.1) is 24.2 Å². The van der Waals surface area contributed by atoms with Crippen molar-refractivity contribution in [3.63, 3.8) is 0 Å². The van der Waals surface area contributed by atoms with Crippen LogP contribution in [0.15, 0.2) is 52.9 Å². The molecule has 0 aliphatic carbocycles. The number of thiophene rings is 1. The number of hydrogen-bond donors (Lipinski definition) is 1. The summed E-state index contributed by atoms with van der Waals surface area (Å²) >= 11 is 7.38. The molecule has 1 aliphatic heterocycles. The molecule has 2 aromatic carbocycles. The van der Waals surface area contributed by atoms with Gasteiger partial charge >= 0.3 is 6.09 Å². The molecule has 1 aromatic heterocycles. The summed E-state index contributed by atoms with van der Waals surface area (Å²) < 4.78 is 33.4. The first-order chi connectivity index (χ1) is 16.5. The highest BCUT2D eigenvalue weighted by molar-refractivity contribution is 7.89. The Morgan fingerprint density at radius 2 is 1.94 bits per heavy atom. The van der Waals surface area contributed by atoms with E-state index in [2.05, 4.69) is 9.71 Å². The van der Waals surface area contributed by atoms with Gasteiger partial charge < -0.3 is 15.0 Å². The second-order valence-electron chi connectivity index (χ2n) is 8.21. The summed E-state index contributed by atoms with van der Waals surface area (Å²) in [6.45, 7) is 0.429. The molecule has 184 valence electrons. The third-order valence-electron chi connectivity index (χ3n) is 5.18. The topological polar surface area (TPSA) is 108 Å². The lowest BCUT2D eigenvalue weighted by Gasteiger charge is -2.17. The van der Waals surface area contributed by atoms with Crippen molar-refractivity contribution >= 4 is 66.6 Å². The normalized spacial score (nSPS) is 16.5. The average Bonchev–Trinajstić information content (AvgIpc) is 3.38. The molecule has 3 aromatic rings. The van der Waals surface area contributed by atoms with Gasteiger partial charge in [0.25, 0.3) is 15.9 Å². The number of carbonyl (C=O) groups is 2. The Morgan fingerprint density at radius 3 is 2.60 bits per heavy atom. The summed E-state index contributed by atoms with van der Waals surface area (Å²) in [5.74, 6) is 0.0368. The van der Waals surface area contributed by atoms with Crippen LogP contribution >= 0.6 is 22.9 Å². The second kappa shape index (κ2) is 9.84. The minimum absolute atomic E-state index is 0.167. The zero-order valence-electron chi connectivity index (χ0n) is 19.2. The van der Waals surface area contributed by atoms with Crippen LogP contribution < -0.4 is 10.2 Å². The molecule has 1 N–H and O–H groups in total. The summed E-state index contributed by atoms with van der Waals surface area (Å²) in [7, 11) is -0.185. The van der Waals surface area contributed by atoms with Crippen LogP contribution in [0.2, 0.25) is 5.02 Å². The summed E-state index contributed by atoms with van der Waals surface area (Å²) in [5.41, 5.74) is 1.18. The van der Waals surface area contributed by atoms with E-state index in [1.54, 1.807) is 61.5 Å². The predicted octanol–water partition coefficient (Wildman–Crippen LogP) is 3.58. The Morgan fingerprint density at radius 1 is 1.23 bits per heavy atom. The van der Waals surface area contributed by atoms with Gasteiger partial charge in [-0.3, -0.25) is 9.69 Å². The minimum Gasteiger partial charge on any atom is -0.442 e. The Bertz CT molecular complexity index is 1420. The molecule has 2 amide bonds. The number of rotatable bonds is 6. The van der Waals surface area contributed by atoms with Crippen molar-refractivity contribution in [2.45, 2.75) is 6.10 Å². The van der Waals surface area contributed by atoms with E-state index < -0.39 is 22.2 Å². The Hall–Kier alpha value is -3.15. The van der Waals surface area contributed by atoms with Crippen molar-refractivity contribution in [1.29, 1.82) is 0 Å². The molecule has 1 aliphatic rings. The Balaban J connectivity index is 1.40. The number of ether oxygens (including phenoxy) is 1. The third kappa shape index (κ3) is 5.92. The average molecular weight is 535 g/mol. The lowest BCUT2D eigenvalue weighted by Crippen LogP contribution is -2.34. The lowest BCUT2D eigenvalue weighted by atomic mass is 10.1.